The summed E-state index contributed by atoms with van der Waals surface area (Å²) in [6.45, 7) is 2.37. The summed E-state index contributed by atoms with van der Waals surface area (Å²) in [6, 6.07) is 11.5. The van der Waals surface area contributed by atoms with E-state index in [4.69, 9.17) is 0 Å². The van der Waals surface area contributed by atoms with Crippen LogP contribution in [-0.4, -0.2) is 32.4 Å². The molecule has 3 rings (SSSR count). The molecule has 25 heavy (non-hydrogen) atoms. The minimum Gasteiger partial charge on any atom is -0.354 e. The maximum Gasteiger partial charge on any atom is 0.222 e. The Morgan fingerprint density at radius 3 is 2.64 bits per heavy atom. The van der Waals surface area contributed by atoms with Gasteiger partial charge in [-0.2, -0.15) is 0 Å². The fourth-order valence-electron chi connectivity index (χ4n) is 2.38. The second-order valence-electron chi connectivity index (χ2n) is 5.59. The van der Waals surface area contributed by atoms with Gasteiger partial charge < -0.3 is 15.6 Å². The van der Waals surface area contributed by atoms with Crippen molar-refractivity contribution in [3.63, 3.8) is 0 Å². The van der Waals surface area contributed by atoms with E-state index in [1.165, 1.54) is 0 Å². The Balaban J connectivity index is 1.49. The van der Waals surface area contributed by atoms with Crippen molar-refractivity contribution >= 4 is 11.9 Å². The zero-order valence-corrected chi connectivity index (χ0v) is 13.9. The highest BCUT2D eigenvalue weighted by molar-refractivity contribution is 5.76. The van der Waals surface area contributed by atoms with Crippen LogP contribution in [0.25, 0.3) is 11.3 Å². The number of nitrogens with zero attached hydrogens (tertiary/aromatic N) is 3. The van der Waals surface area contributed by atoms with Gasteiger partial charge in [0.25, 0.3) is 0 Å². The molecule has 3 N–H and O–H groups in total. The van der Waals surface area contributed by atoms with Crippen LogP contribution in [0.2, 0.25) is 0 Å². The van der Waals surface area contributed by atoms with Crippen molar-refractivity contribution < 1.29 is 4.79 Å². The molecule has 0 aliphatic carbocycles. The van der Waals surface area contributed by atoms with Gasteiger partial charge in [-0.15, -0.1) is 0 Å². The van der Waals surface area contributed by atoms with E-state index in [9.17, 15) is 4.79 Å². The second-order valence-corrected chi connectivity index (χ2v) is 5.59. The molecule has 1 amide bonds. The molecular formula is C18H20N6O. The monoisotopic (exact) mass is 336 g/mol. The Labute approximate surface area is 145 Å². The first-order chi connectivity index (χ1) is 12.2. The molecule has 0 saturated heterocycles. The standard InChI is InChI=1S/C18H20N6O/c1-13(17-22-12-15(24-17)14-6-3-2-4-7-14)23-16(25)8-11-21-18-19-9-5-10-20-18/h2-7,9-10,12-13H,8,11H2,1H3,(H,22,24)(H,23,25)(H,19,20,21)/t13-/m0/s1. The van der Waals surface area contributed by atoms with Gasteiger partial charge in [-0.25, -0.2) is 15.0 Å². The van der Waals surface area contributed by atoms with Crippen molar-refractivity contribution in [2.24, 2.45) is 0 Å². The minimum absolute atomic E-state index is 0.0615. The normalized spacial score (nSPS) is 11.7. The fraction of sp³-hybridized carbons (Fsp3) is 0.222. The quantitative estimate of drug-likeness (QED) is 0.616. The number of aromatic amines is 1. The average molecular weight is 336 g/mol. The van der Waals surface area contributed by atoms with Gasteiger partial charge in [0, 0.05) is 25.4 Å². The lowest BCUT2D eigenvalue weighted by Crippen LogP contribution is -2.28. The van der Waals surface area contributed by atoms with Crippen molar-refractivity contribution in [2.45, 2.75) is 19.4 Å². The molecule has 7 nitrogen and oxygen atoms in total. The van der Waals surface area contributed by atoms with Crippen molar-refractivity contribution in [1.82, 2.24) is 25.3 Å². The first kappa shape index (κ1) is 16.6. The maximum absolute atomic E-state index is 12.1. The Morgan fingerprint density at radius 1 is 1.12 bits per heavy atom. The van der Waals surface area contributed by atoms with E-state index < -0.39 is 0 Å². The number of hydrogen-bond acceptors (Lipinski definition) is 5. The smallest absolute Gasteiger partial charge is 0.222 e. The Kier molecular flexibility index (Phi) is 5.36. The van der Waals surface area contributed by atoms with E-state index in [0.717, 1.165) is 17.1 Å². The lowest BCUT2D eigenvalue weighted by molar-refractivity contribution is -0.121. The molecule has 0 aliphatic rings. The average Bonchev–Trinajstić information content (AvgIpc) is 3.14. The number of amides is 1. The number of rotatable bonds is 7. The number of benzene rings is 1. The van der Waals surface area contributed by atoms with E-state index in [2.05, 4.69) is 30.6 Å². The number of carbonyl (C=O) groups excluding carboxylic acids is 1. The molecule has 1 atom stereocenters. The van der Waals surface area contributed by atoms with Crippen molar-refractivity contribution in [3.05, 3.63) is 60.8 Å². The Bertz CT molecular complexity index is 803. The third-order valence-corrected chi connectivity index (χ3v) is 3.67. The van der Waals surface area contributed by atoms with Crippen LogP contribution in [0.1, 0.15) is 25.2 Å². The highest BCUT2D eigenvalue weighted by Gasteiger charge is 2.13. The van der Waals surface area contributed by atoms with Gasteiger partial charge in [0.1, 0.15) is 5.82 Å². The number of anilines is 1. The summed E-state index contributed by atoms with van der Waals surface area (Å²) in [6.07, 6.45) is 5.41. The second kappa shape index (κ2) is 8.05. The Hall–Kier alpha value is -3.22. The SMILES string of the molecule is C[C@H](NC(=O)CCNc1ncccn1)c1ncc(-c2ccccc2)[nH]1. The molecule has 2 aromatic heterocycles. The van der Waals surface area contributed by atoms with Crippen LogP contribution in [-0.2, 0) is 4.79 Å². The summed E-state index contributed by atoms with van der Waals surface area (Å²) in [5.41, 5.74) is 1.99. The molecule has 0 radical (unpaired) electrons. The number of carbonyl (C=O) groups is 1. The van der Waals surface area contributed by atoms with Gasteiger partial charge in [-0.05, 0) is 18.6 Å². The van der Waals surface area contributed by atoms with E-state index in [0.29, 0.717) is 18.9 Å². The van der Waals surface area contributed by atoms with Gasteiger partial charge in [0.05, 0.1) is 17.9 Å². The van der Waals surface area contributed by atoms with Gasteiger partial charge in [0.2, 0.25) is 11.9 Å². The van der Waals surface area contributed by atoms with E-state index >= 15 is 0 Å². The predicted octanol–water partition coefficient (Wildman–Crippen LogP) is 2.55. The Morgan fingerprint density at radius 2 is 1.88 bits per heavy atom. The summed E-state index contributed by atoms with van der Waals surface area (Å²) in [7, 11) is 0. The molecule has 0 spiro atoms. The van der Waals surface area contributed by atoms with Gasteiger partial charge in [-0.3, -0.25) is 4.79 Å². The van der Waals surface area contributed by atoms with E-state index in [-0.39, 0.29) is 11.9 Å². The van der Waals surface area contributed by atoms with Crippen LogP contribution in [0, 0.1) is 0 Å². The summed E-state index contributed by atoms with van der Waals surface area (Å²) >= 11 is 0. The van der Waals surface area contributed by atoms with Gasteiger partial charge >= 0.3 is 0 Å². The summed E-state index contributed by atoms with van der Waals surface area (Å²) < 4.78 is 0. The molecule has 0 bridgehead atoms. The number of nitrogens with one attached hydrogen (secondary N) is 3. The lowest BCUT2D eigenvalue weighted by Gasteiger charge is -2.12. The molecule has 1 aromatic carbocycles. The molecular weight excluding hydrogens is 316 g/mol. The largest absolute Gasteiger partial charge is 0.354 e. The topological polar surface area (TPSA) is 95.6 Å². The van der Waals surface area contributed by atoms with Crippen LogP contribution in [0.4, 0.5) is 5.95 Å². The maximum atomic E-state index is 12.1. The predicted molar refractivity (Wildman–Crippen MR) is 95.7 cm³/mol. The lowest BCUT2D eigenvalue weighted by atomic mass is 10.2. The highest BCUT2D eigenvalue weighted by Crippen LogP contribution is 2.18. The summed E-state index contributed by atoms with van der Waals surface area (Å²) in [4.78, 5) is 27.8. The van der Waals surface area contributed by atoms with Crippen LogP contribution >= 0.6 is 0 Å². The van der Waals surface area contributed by atoms with Crippen molar-refractivity contribution in [2.75, 3.05) is 11.9 Å². The van der Waals surface area contributed by atoms with Crippen molar-refractivity contribution in [1.29, 1.82) is 0 Å². The molecule has 0 saturated carbocycles. The van der Waals surface area contributed by atoms with Gasteiger partial charge in [-0.1, -0.05) is 30.3 Å². The van der Waals surface area contributed by atoms with Crippen LogP contribution < -0.4 is 10.6 Å². The minimum atomic E-state index is -0.196. The molecule has 0 fully saturated rings. The van der Waals surface area contributed by atoms with Gasteiger partial charge in [0.15, 0.2) is 0 Å². The zero-order chi connectivity index (χ0) is 17.5. The molecule has 0 unspecified atom stereocenters. The van der Waals surface area contributed by atoms with Crippen LogP contribution in [0.3, 0.4) is 0 Å². The van der Waals surface area contributed by atoms with Crippen LogP contribution in [0.5, 0.6) is 0 Å². The van der Waals surface area contributed by atoms with E-state index in [1.54, 1.807) is 24.7 Å². The third kappa shape index (κ3) is 4.63. The molecule has 0 aliphatic heterocycles. The third-order valence-electron chi connectivity index (χ3n) is 3.67. The number of hydrogen-bond donors (Lipinski definition) is 3. The number of H-pyrrole nitrogens is 1. The fourth-order valence-corrected chi connectivity index (χ4v) is 2.38. The molecule has 3 aromatic rings. The molecule has 128 valence electrons. The van der Waals surface area contributed by atoms with Crippen LogP contribution in [0.15, 0.2) is 55.0 Å². The summed E-state index contributed by atoms with van der Waals surface area (Å²) in [5.74, 6) is 1.18. The first-order valence-electron chi connectivity index (χ1n) is 8.13. The molecule has 2 heterocycles. The summed E-state index contributed by atoms with van der Waals surface area (Å²) in [5, 5.41) is 5.94. The zero-order valence-electron chi connectivity index (χ0n) is 13.9. The number of aromatic nitrogens is 4. The highest BCUT2D eigenvalue weighted by atomic mass is 16.1. The number of imidazole rings is 1. The molecule has 7 heteroatoms. The van der Waals surface area contributed by atoms with E-state index in [1.807, 2.05) is 37.3 Å². The first-order valence-corrected chi connectivity index (χ1v) is 8.13. The van der Waals surface area contributed by atoms with Crippen molar-refractivity contribution in [3.8, 4) is 11.3 Å².